The zero-order valence-corrected chi connectivity index (χ0v) is 9.27. The summed E-state index contributed by atoms with van der Waals surface area (Å²) in [4.78, 5) is 23.3. The number of nitrogens with zero attached hydrogens (tertiary/aromatic N) is 3. The van der Waals surface area contributed by atoms with Crippen molar-refractivity contribution < 1.29 is 14.3 Å². The van der Waals surface area contributed by atoms with Gasteiger partial charge >= 0.3 is 5.97 Å². The molecule has 1 aromatic heterocycles. The number of esters is 1. The minimum atomic E-state index is -0.411. The smallest absolute Gasteiger partial charge is 0.329 e. The van der Waals surface area contributed by atoms with E-state index in [0.717, 1.165) is 0 Å². The Kier molecular flexibility index (Phi) is 4.43. The molecule has 1 N–H and O–H groups in total. The Hall–Kier alpha value is -1.92. The summed E-state index contributed by atoms with van der Waals surface area (Å²) in [7, 11) is 0. The molecule has 0 aliphatic rings. The van der Waals surface area contributed by atoms with Gasteiger partial charge in [0.05, 0.1) is 12.8 Å². The second-order valence-electron chi connectivity index (χ2n) is 2.97. The van der Waals surface area contributed by atoms with Crippen LogP contribution in [0.15, 0.2) is 6.20 Å². The first-order valence-electron chi connectivity index (χ1n) is 5.01. The fraction of sp³-hybridized carbons (Fsp3) is 0.556. The molecule has 0 aliphatic carbocycles. The highest BCUT2D eigenvalue weighted by Crippen LogP contribution is 1.99. The molecular formula is C9H14N4O3. The van der Waals surface area contributed by atoms with Gasteiger partial charge in [-0.25, -0.2) is 4.79 Å². The van der Waals surface area contributed by atoms with Crippen LogP contribution in [0.5, 0.6) is 0 Å². The Balaban J connectivity index is 2.51. The fourth-order valence-corrected chi connectivity index (χ4v) is 0.984. The van der Waals surface area contributed by atoms with Gasteiger partial charge in [0.15, 0.2) is 12.4 Å². The largest absolute Gasteiger partial charge is 0.465 e. The molecule has 0 unspecified atom stereocenters. The topological polar surface area (TPSA) is 86.1 Å². The summed E-state index contributed by atoms with van der Waals surface area (Å²) in [5.74, 6) is -0.231. The summed E-state index contributed by atoms with van der Waals surface area (Å²) in [6.07, 6.45) is 1.75. The average Bonchev–Trinajstić information content (AvgIpc) is 2.65. The molecule has 0 bridgehead atoms. The van der Waals surface area contributed by atoms with E-state index in [1.54, 1.807) is 13.8 Å². The van der Waals surface area contributed by atoms with E-state index in [-0.39, 0.29) is 12.5 Å². The normalized spacial score (nSPS) is 9.88. The monoisotopic (exact) mass is 226 g/mol. The van der Waals surface area contributed by atoms with Gasteiger partial charge in [-0.1, -0.05) is 6.92 Å². The summed E-state index contributed by atoms with van der Waals surface area (Å²) >= 11 is 0. The Labute approximate surface area is 92.8 Å². The van der Waals surface area contributed by atoms with Gasteiger partial charge in [0, 0.05) is 6.42 Å². The van der Waals surface area contributed by atoms with E-state index in [2.05, 4.69) is 15.5 Å². The molecule has 1 amide bonds. The standard InChI is InChI=1S/C9H14N4O3/c1-3-8(14)11-7-5-10-13(12-7)6-9(15)16-4-2/h5H,3-4,6H2,1-2H3,(H,11,12,14). The van der Waals surface area contributed by atoms with E-state index in [4.69, 9.17) is 4.74 Å². The zero-order chi connectivity index (χ0) is 12.0. The number of amides is 1. The first-order valence-corrected chi connectivity index (χ1v) is 5.01. The summed E-state index contributed by atoms with van der Waals surface area (Å²) in [5.41, 5.74) is 0. The van der Waals surface area contributed by atoms with Crippen molar-refractivity contribution in [1.82, 2.24) is 15.0 Å². The van der Waals surface area contributed by atoms with E-state index >= 15 is 0 Å². The number of ether oxygens (including phenoxy) is 1. The molecule has 0 spiro atoms. The maximum Gasteiger partial charge on any atom is 0.329 e. The van der Waals surface area contributed by atoms with Crippen LogP contribution in [0.3, 0.4) is 0 Å². The Morgan fingerprint density at radius 3 is 2.88 bits per heavy atom. The predicted molar refractivity (Wildman–Crippen MR) is 55.6 cm³/mol. The molecule has 0 fully saturated rings. The quantitative estimate of drug-likeness (QED) is 0.724. The molecule has 0 saturated carbocycles. The number of hydrogen-bond donors (Lipinski definition) is 1. The highest BCUT2D eigenvalue weighted by Gasteiger charge is 2.07. The molecule has 1 heterocycles. The van der Waals surface area contributed by atoms with Gasteiger partial charge in [0.1, 0.15) is 0 Å². The molecule has 16 heavy (non-hydrogen) atoms. The molecule has 88 valence electrons. The molecule has 0 radical (unpaired) electrons. The highest BCUT2D eigenvalue weighted by atomic mass is 16.5. The lowest BCUT2D eigenvalue weighted by molar-refractivity contribution is -0.144. The van der Waals surface area contributed by atoms with Gasteiger partial charge in [-0.2, -0.15) is 9.90 Å². The van der Waals surface area contributed by atoms with E-state index in [0.29, 0.717) is 18.8 Å². The molecule has 7 heteroatoms. The van der Waals surface area contributed by atoms with Crippen LogP contribution in [0.25, 0.3) is 0 Å². The van der Waals surface area contributed by atoms with E-state index in [1.165, 1.54) is 11.0 Å². The maximum absolute atomic E-state index is 11.1. The first-order chi connectivity index (χ1) is 7.65. The first kappa shape index (κ1) is 12.2. The summed E-state index contributed by atoms with van der Waals surface area (Å²) in [6.45, 7) is 3.72. The number of nitrogens with one attached hydrogen (secondary N) is 1. The van der Waals surface area contributed by atoms with Gasteiger partial charge in [-0.15, -0.1) is 5.10 Å². The molecular weight excluding hydrogens is 212 g/mol. The third-order valence-electron chi connectivity index (χ3n) is 1.70. The number of carbonyl (C=O) groups excluding carboxylic acids is 2. The summed E-state index contributed by atoms with van der Waals surface area (Å²) in [5, 5.41) is 10.2. The van der Waals surface area contributed by atoms with Crippen molar-refractivity contribution in [3.05, 3.63) is 6.20 Å². The van der Waals surface area contributed by atoms with Gasteiger partial charge < -0.3 is 10.1 Å². The van der Waals surface area contributed by atoms with Crippen LogP contribution in [0.1, 0.15) is 20.3 Å². The van der Waals surface area contributed by atoms with Crippen molar-refractivity contribution in [2.24, 2.45) is 0 Å². The van der Waals surface area contributed by atoms with Crippen molar-refractivity contribution in [3.63, 3.8) is 0 Å². The number of carbonyl (C=O) groups is 2. The van der Waals surface area contributed by atoms with Gasteiger partial charge in [0.2, 0.25) is 5.91 Å². The fourth-order valence-electron chi connectivity index (χ4n) is 0.984. The molecule has 1 aromatic rings. The Morgan fingerprint density at radius 1 is 1.50 bits per heavy atom. The van der Waals surface area contributed by atoms with Crippen LogP contribution >= 0.6 is 0 Å². The van der Waals surface area contributed by atoms with Crippen molar-refractivity contribution in [2.45, 2.75) is 26.8 Å². The third-order valence-corrected chi connectivity index (χ3v) is 1.70. The van der Waals surface area contributed by atoms with E-state index < -0.39 is 5.97 Å². The van der Waals surface area contributed by atoms with Gasteiger partial charge in [-0.05, 0) is 6.92 Å². The third kappa shape index (κ3) is 3.68. The second kappa shape index (κ2) is 5.84. The zero-order valence-electron chi connectivity index (χ0n) is 9.27. The van der Waals surface area contributed by atoms with E-state index in [1.807, 2.05) is 0 Å². The second-order valence-corrected chi connectivity index (χ2v) is 2.97. The highest BCUT2D eigenvalue weighted by molar-refractivity contribution is 5.89. The lowest BCUT2D eigenvalue weighted by Crippen LogP contribution is -2.16. The summed E-state index contributed by atoms with van der Waals surface area (Å²) in [6, 6.07) is 0. The molecule has 0 aliphatic heterocycles. The maximum atomic E-state index is 11.1. The molecule has 0 aromatic carbocycles. The van der Waals surface area contributed by atoms with Crippen molar-refractivity contribution in [1.29, 1.82) is 0 Å². The van der Waals surface area contributed by atoms with Crippen LogP contribution < -0.4 is 5.32 Å². The molecule has 0 saturated heterocycles. The van der Waals surface area contributed by atoms with Crippen molar-refractivity contribution in [2.75, 3.05) is 11.9 Å². The Morgan fingerprint density at radius 2 is 2.25 bits per heavy atom. The van der Waals surface area contributed by atoms with Crippen LogP contribution in [0.4, 0.5) is 5.82 Å². The predicted octanol–water partition coefficient (Wildman–Crippen LogP) is 0.190. The average molecular weight is 226 g/mol. The number of aromatic nitrogens is 3. The minimum Gasteiger partial charge on any atom is -0.465 e. The number of anilines is 1. The van der Waals surface area contributed by atoms with Crippen LogP contribution in [-0.2, 0) is 20.9 Å². The van der Waals surface area contributed by atoms with Crippen molar-refractivity contribution >= 4 is 17.7 Å². The molecule has 1 rings (SSSR count). The van der Waals surface area contributed by atoms with Crippen LogP contribution in [0.2, 0.25) is 0 Å². The van der Waals surface area contributed by atoms with Crippen LogP contribution in [0, 0.1) is 0 Å². The molecule has 0 atom stereocenters. The lowest BCUT2D eigenvalue weighted by atomic mass is 10.4. The Bertz CT molecular complexity index is 375. The SMILES string of the molecule is CCOC(=O)Cn1ncc(NC(=O)CC)n1. The number of hydrogen-bond acceptors (Lipinski definition) is 5. The van der Waals surface area contributed by atoms with Crippen molar-refractivity contribution in [3.8, 4) is 0 Å². The summed E-state index contributed by atoms with van der Waals surface area (Å²) < 4.78 is 4.73. The van der Waals surface area contributed by atoms with Gasteiger partial charge in [-0.3, -0.25) is 4.79 Å². The van der Waals surface area contributed by atoms with E-state index in [9.17, 15) is 9.59 Å². The minimum absolute atomic E-state index is 0.0597. The van der Waals surface area contributed by atoms with Gasteiger partial charge in [0.25, 0.3) is 0 Å². The number of rotatable bonds is 5. The van der Waals surface area contributed by atoms with Crippen LogP contribution in [-0.4, -0.2) is 33.5 Å². The lowest BCUT2D eigenvalue weighted by Gasteiger charge is -2.00. The molecule has 7 nitrogen and oxygen atoms in total.